The second-order valence-corrected chi connectivity index (χ2v) is 11.9. The monoisotopic (exact) mass is 600 g/mol. The first-order valence-electron chi connectivity index (χ1n) is 13.9. The molecule has 0 radical (unpaired) electrons. The number of hydrogen-bond donors (Lipinski definition) is 0. The van der Waals surface area contributed by atoms with Crippen molar-refractivity contribution in [1.82, 2.24) is 19.8 Å². The summed E-state index contributed by atoms with van der Waals surface area (Å²) in [6.07, 6.45) is 4.95. The van der Waals surface area contributed by atoms with Crippen LogP contribution in [0.5, 0.6) is 0 Å². The van der Waals surface area contributed by atoms with E-state index in [2.05, 4.69) is 16.5 Å². The highest BCUT2D eigenvalue weighted by atomic mass is 35.5. The van der Waals surface area contributed by atoms with Crippen molar-refractivity contribution >= 4 is 46.1 Å². The fraction of sp³-hybridized carbons (Fsp3) is 0.467. The lowest BCUT2D eigenvalue weighted by atomic mass is 9.85. The normalized spacial score (nSPS) is 24.6. The van der Waals surface area contributed by atoms with Gasteiger partial charge in [0.05, 0.1) is 10.6 Å². The van der Waals surface area contributed by atoms with E-state index in [9.17, 15) is 14.0 Å². The first kappa shape index (κ1) is 29.9. The van der Waals surface area contributed by atoms with Gasteiger partial charge in [-0.3, -0.25) is 9.59 Å². The number of aromatic nitrogens is 2. The molecule has 1 aromatic heterocycles. The molecule has 0 saturated carbocycles. The van der Waals surface area contributed by atoms with Crippen molar-refractivity contribution in [3.05, 3.63) is 59.2 Å². The number of hydrogen-bond acceptors (Lipinski definition) is 8. The number of piperazine rings is 1. The van der Waals surface area contributed by atoms with Crippen molar-refractivity contribution in [2.45, 2.75) is 50.9 Å². The quantitative estimate of drug-likeness (QED) is 0.358. The molecule has 2 saturated heterocycles. The first-order chi connectivity index (χ1) is 19.8. The van der Waals surface area contributed by atoms with E-state index in [1.807, 2.05) is 37.7 Å². The number of rotatable bonds is 6. The third-order valence-corrected chi connectivity index (χ3v) is 8.56. The van der Waals surface area contributed by atoms with Gasteiger partial charge in [-0.15, -0.1) is 0 Å². The van der Waals surface area contributed by atoms with Crippen LogP contribution in [0.1, 0.15) is 32.8 Å². The molecule has 5 rings (SSSR count). The Balaban J connectivity index is 1.69. The lowest BCUT2D eigenvalue weighted by molar-refractivity contribution is -0.153. The summed E-state index contributed by atoms with van der Waals surface area (Å²) in [6, 6.07) is 1.51. The van der Waals surface area contributed by atoms with Gasteiger partial charge < -0.3 is 24.3 Å². The van der Waals surface area contributed by atoms with Crippen LogP contribution < -0.4 is 9.80 Å². The summed E-state index contributed by atoms with van der Waals surface area (Å²) in [5, 5.41) is 0.321. The fourth-order valence-electron chi connectivity index (χ4n) is 5.93. The average molecular weight is 601 g/mol. The molecule has 2 fully saturated rings. The van der Waals surface area contributed by atoms with Crippen LogP contribution in [0.4, 0.5) is 20.5 Å². The van der Waals surface area contributed by atoms with Crippen molar-refractivity contribution in [2.24, 2.45) is 0 Å². The molecule has 9 nitrogen and oxygen atoms in total. The van der Waals surface area contributed by atoms with E-state index in [1.54, 1.807) is 11.0 Å². The van der Waals surface area contributed by atoms with Gasteiger partial charge in [0.1, 0.15) is 17.2 Å². The summed E-state index contributed by atoms with van der Waals surface area (Å²) in [5.41, 5.74) is -1.96. The Morgan fingerprint density at radius 3 is 2.50 bits per heavy atom. The van der Waals surface area contributed by atoms with Gasteiger partial charge in [0.25, 0.3) is 0 Å². The largest absolute Gasteiger partial charge is 0.449 e. The van der Waals surface area contributed by atoms with Gasteiger partial charge in [0.15, 0.2) is 11.4 Å². The van der Waals surface area contributed by atoms with Gasteiger partial charge in [-0.2, -0.15) is 4.98 Å². The molecule has 1 aromatic carbocycles. The zero-order valence-corrected chi connectivity index (χ0v) is 25.2. The average Bonchev–Trinajstić information content (AvgIpc) is 2.87. The fourth-order valence-corrected chi connectivity index (χ4v) is 6.29. The maximum absolute atomic E-state index is 16.8. The Labute approximate surface area is 249 Å². The Hall–Kier alpha value is -3.57. The topological polar surface area (TPSA) is 82.1 Å². The first-order valence-corrected chi connectivity index (χ1v) is 14.3. The number of carbonyl (C=O) groups is 2. The Bertz CT molecular complexity index is 1500. The number of anilines is 2. The van der Waals surface area contributed by atoms with Crippen LogP contribution in [0.3, 0.4) is 0 Å². The van der Waals surface area contributed by atoms with Gasteiger partial charge in [-0.05, 0) is 52.2 Å². The van der Waals surface area contributed by atoms with Crippen LogP contribution in [-0.4, -0.2) is 90.0 Å². The van der Waals surface area contributed by atoms with Crippen LogP contribution in [0.2, 0.25) is 5.02 Å². The van der Waals surface area contributed by atoms with Gasteiger partial charge >= 0.3 is 5.97 Å². The lowest BCUT2D eigenvalue weighted by Gasteiger charge is -2.46. The number of likely N-dealkylation sites (N-methyl/N-ethyl adjacent to an activating group) is 1. The standard InChI is InChI=1S/C30H35ClF2N6O3/c1-7-24(41)38-13-18(3)39(14-17(38)2)28-22-11-23(31)25(30(42-19(4)40)10-8-9-20(32)12-30)26(33)27(22)34-29(35-28)37-15-21(16-37)36(5)6/h7-11,17-18,21H,1,12-16H2,2-6H3/t17-,18+,30?/m1/s1. The predicted molar refractivity (Wildman–Crippen MR) is 159 cm³/mol. The van der Waals surface area contributed by atoms with Crippen LogP contribution in [-0.2, 0) is 19.9 Å². The Morgan fingerprint density at radius 2 is 1.88 bits per heavy atom. The van der Waals surface area contributed by atoms with Crippen molar-refractivity contribution in [3.63, 3.8) is 0 Å². The summed E-state index contributed by atoms with van der Waals surface area (Å²) in [6.45, 7) is 10.9. The molecule has 1 amide bonds. The minimum atomic E-state index is -1.78. The predicted octanol–water partition coefficient (Wildman–Crippen LogP) is 4.36. The van der Waals surface area contributed by atoms with E-state index >= 15 is 4.39 Å². The molecule has 2 aliphatic heterocycles. The zero-order chi connectivity index (χ0) is 30.5. The van der Waals surface area contributed by atoms with Gasteiger partial charge in [0, 0.05) is 63.0 Å². The molecule has 224 valence electrons. The molecule has 3 heterocycles. The van der Waals surface area contributed by atoms with E-state index in [0.29, 0.717) is 49.4 Å². The molecular weight excluding hydrogens is 566 g/mol. The van der Waals surface area contributed by atoms with E-state index in [0.717, 1.165) is 0 Å². The third kappa shape index (κ3) is 5.24. The summed E-state index contributed by atoms with van der Waals surface area (Å²) >= 11 is 6.76. The third-order valence-electron chi connectivity index (χ3n) is 8.27. The summed E-state index contributed by atoms with van der Waals surface area (Å²) in [7, 11) is 3.99. The molecular formula is C30H35ClF2N6O3. The number of nitrogens with zero attached hydrogens (tertiary/aromatic N) is 6. The number of fused-ring (bicyclic) bond motifs is 1. The second kappa shape index (κ2) is 11.3. The highest BCUT2D eigenvalue weighted by molar-refractivity contribution is 6.32. The van der Waals surface area contributed by atoms with E-state index in [-0.39, 0.29) is 34.1 Å². The van der Waals surface area contributed by atoms with E-state index in [1.165, 1.54) is 31.2 Å². The highest BCUT2D eigenvalue weighted by Gasteiger charge is 2.42. The molecule has 42 heavy (non-hydrogen) atoms. The molecule has 3 aliphatic rings. The molecule has 0 bridgehead atoms. The van der Waals surface area contributed by atoms with Crippen LogP contribution in [0.25, 0.3) is 10.9 Å². The summed E-state index contributed by atoms with van der Waals surface area (Å²) < 4.78 is 37.0. The van der Waals surface area contributed by atoms with Gasteiger partial charge in [-0.1, -0.05) is 24.3 Å². The number of amides is 1. The number of ether oxygens (including phenoxy) is 1. The number of halogens is 3. The number of esters is 1. The van der Waals surface area contributed by atoms with Gasteiger partial charge in [-0.25, -0.2) is 13.8 Å². The smallest absolute Gasteiger partial charge is 0.303 e. The zero-order valence-electron chi connectivity index (χ0n) is 24.4. The van der Waals surface area contributed by atoms with Gasteiger partial charge in [0.2, 0.25) is 11.9 Å². The Morgan fingerprint density at radius 1 is 1.17 bits per heavy atom. The maximum Gasteiger partial charge on any atom is 0.303 e. The maximum atomic E-state index is 16.8. The molecule has 0 N–H and O–H groups in total. The number of benzene rings is 1. The van der Waals surface area contributed by atoms with Crippen LogP contribution in [0, 0.1) is 5.82 Å². The van der Waals surface area contributed by atoms with Crippen molar-refractivity contribution in [2.75, 3.05) is 50.1 Å². The summed E-state index contributed by atoms with van der Waals surface area (Å²) in [5.74, 6) is -1.43. The number of allylic oxidation sites excluding steroid dienone is 2. The van der Waals surface area contributed by atoms with Crippen LogP contribution in [0.15, 0.2) is 42.8 Å². The second-order valence-electron chi connectivity index (χ2n) is 11.5. The SMILES string of the molecule is C=CC(=O)N1C[C@H](C)N(c2nc(N3CC(N(C)C)C3)nc3c(F)c(C4(OC(C)=O)C=CC=C(F)C4)c(Cl)cc23)C[C@H]1C. The van der Waals surface area contributed by atoms with E-state index < -0.39 is 29.6 Å². The Kier molecular flexibility index (Phi) is 8.02. The lowest BCUT2D eigenvalue weighted by Crippen LogP contribution is -2.59. The highest BCUT2D eigenvalue weighted by Crippen LogP contribution is 2.45. The minimum Gasteiger partial charge on any atom is -0.449 e. The van der Waals surface area contributed by atoms with Crippen molar-refractivity contribution in [3.8, 4) is 0 Å². The molecule has 2 aromatic rings. The summed E-state index contributed by atoms with van der Waals surface area (Å²) in [4.78, 5) is 42.1. The van der Waals surface area contributed by atoms with Crippen molar-refractivity contribution < 1.29 is 23.1 Å². The van der Waals surface area contributed by atoms with E-state index in [4.69, 9.17) is 21.3 Å². The van der Waals surface area contributed by atoms with Crippen LogP contribution >= 0.6 is 11.6 Å². The minimum absolute atomic E-state index is 0.0120. The molecule has 1 unspecified atom stereocenters. The molecule has 12 heteroatoms. The molecule has 3 atom stereocenters. The molecule has 0 spiro atoms. The molecule has 1 aliphatic carbocycles. The number of carbonyl (C=O) groups excluding carboxylic acids is 2. The van der Waals surface area contributed by atoms with Crippen molar-refractivity contribution in [1.29, 1.82) is 0 Å².